The summed E-state index contributed by atoms with van der Waals surface area (Å²) in [7, 11) is 0. The minimum absolute atomic E-state index is 0.159. The zero-order chi connectivity index (χ0) is 20.8. The highest BCUT2D eigenvalue weighted by Gasteiger charge is 2.18. The van der Waals surface area contributed by atoms with E-state index < -0.39 is 0 Å². The first kappa shape index (κ1) is 20.9. The standard InChI is InChI=1S/C21H25ClFN5O/c1-15-2-7-19(18(22)14-15)26-20(29)8-9-25-21(24)28-12-10-27(11-13-28)17-5-3-16(23)4-6-17/h2-7,14H,8-13H2,1H3,(H2,24,25)(H,26,29). The van der Waals surface area contributed by atoms with Crippen LogP contribution in [0.5, 0.6) is 0 Å². The van der Waals surface area contributed by atoms with Crippen molar-refractivity contribution in [3.63, 3.8) is 0 Å². The van der Waals surface area contributed by atoms with E-state index in [9.17, 15) is 9.18 Å². The maximum atomic E-state index is 13.1. The Balaban J connectivity index is 1.44. The molecule has 2 aromatic carbocycles. The van der Waals surface area contributed by atoms with E-state index >= 15 is 0 Å². The number of guanidine groups is 1. The van der Waals surface area contributed by atoms with Gasteiger partial charge in [0.15, 0.2) is 5.96 Å². The molecule has 154 valence electrons. The molecular formula is C21H25ClFN5O. The molecular weight excluding hydrogens is 393 g/mol. The Labute approximate surface area is 175 Å². The van der Waals surface area contributed by atoms with Crippen molar-refractivity contribution in [1.29, 1.82) is 0 Å². The number of rotatable bonds is 5. The topological polar surface area (TPSA) is 74.0 Å². The predicted octanol–water partition coefficient (Wildman–Crippen LogP) is 3.25. The van der Waals surface area contributed by atoms with Crippen LogP contribution in [0.4, 0.5) is 15.8 Å². The third-order valence-electron chi connectivity index (χ3n) is 4.81. The van der Waals surface area contributed by atoms with E-state index in [1.807, 2.05) is 17.9 Å². The molecule has 3 N–H and O–H groups in total. The highest BCUT2D eigenvalue weighted by molar-refractivity contribution is 6.33. The van der Waals surface area contributed by atoms with E-state index in [2.05, 4.69) is 15.2 Å². The third-order valence-corrected chi connectivity index (χ3v) is 5.12. The molecule has 0 spiro atoms. The van der Waals surface area contributed by atoms with Gasteiger partial charge in [0.25, 0.3) is 0 Å². The van der Waals surface area contributed by atoms with Gasteiger partial charge in [-0.1, -0.05) is 17.7 Å². The van der Waals surface area contributed by atoms with Crippen LogP contribution in [-0.2, 0) is 4.79 Å². The lowest BCUT2D eigenvalue weighted by Crippen LogP contribution is -2.51. The molecule has 1 heterocycles. The molecule has 6 nitrogen and oxygen atoms in total. The number of piperazine rings is 1. The first-order chi connectivity index (χ1) is 13.9. The number of anilines is 2. The molecule has 8 heteroatoms. The lowest BCUT2D eigenvalue weighted by molar-refractivity contribution is -0.116. The number of hydrogen-bond donors (Lipinski definition) is 2. The number of hydrogen-bond acceptors (Lipinski definition) is 3. The zero-order valence-corrected chi connectivity index (χ0v) is 17.1. The Bertz CT molecular complexity index is 879. The fourth-order valence-corrected chi connectivity index (χ4v) is 3.43. The number of halogens is 2. The minimum atomic E-state index is -0.238. The van der Waals surface area contributed by atoms with Gasteiger partial charge in [-0.15, -0.1) is 0 Å². The van der Waals surface area contributed by atoms with Gasteiger partial charge in [-0.2, -0.15) is 0 Å². The second kappa shape index (κ2) is 9.60. The van der Waals surface area contributed by atoms with Gasteiger partial charge in [0.05, 0.1) is 17.3 Å². The van der Waals surface area contributed by atoms with E-state index in [4.69, 9.17) is 17.3 Å². The molecule has 1 amide bonds. The fraction of sp³-hybridized carbons (Fsp3) is 0.333. The van der Waals surface area contributed by atoms with Crippen LogP contribution in [0, 0.1) is 12.7 Å². The van der Waals surface area contributed by atoms with Crippen LogP contribution in [0.3, 0.4) is 0 Å². The minimum Gasteiger partial charge on any atom is -0.370 e. The highest BCUT2D eigenvalue weighted by Crippen LogP contribution is 2.22. The lowest BCUT2D eigenvalue weighted by atomic mass is 10.2. The maximum absolute atomic E-state index is 13.1. The number of benzene rings is 2. The van der Waals surface area contributed by atoms with Gasteiger partial charge in [-0.3, -0.25) is 9.79 Å². The molecule has 0 aromatic heterocycles. The van der Waals surface area contributed by atoms with Crippen molar-refractivity contribution in [2.45, 2.75) is 13.3 Å². The van der Waals surface area contributed by atoms with E-state index in [1.54, 1.807) is 24.3 Å². The van der Waals surface area contributed by atoms with Crippen LogP contribution in [0.2, 0.25) is 5.02 Å². The number of nitrogens with zero attached hydrogens (tertiary/aromatic N) is 3. The molecule has 0 atom stereocenters. The molecule has 2 aromatic rings. The number of carbonyl (C=O) groups excluding carboxylic acids is 1. The first-order valence-corrected chi connectivity index (χ1v) is 9.91. The van der Waals surface area contributed by atoms with Crippen LogP contribution >= 0.6 is 11.6 Å². The summed E-state index contributed by atoms with van der Waals surface area (Å²) >= 11 is 6.13. The summed E-state index contributed by atoms with van der Waals surface area (Å²) in [4.78, 5) is 20.6. The largest absolute Gasteiger partial charge is 0.370 e. The normalized spacial score (nSPS) is 14.8. The van der Waals surface area contributed by atoms with Crippen molar-refractivity contribution < 1.29 is 9.18 Å². The molecule has 0 unspecified atom stereocenters. The number of carbonyl (C=O) groups is 1. The van der Waals surface area contributed by atoms with Gasteiger partial charge >= 0.3 is 0 Å². The molecule has 0 radical (unpaired) electrons. The number of nitrogens with one attached hydrogen (secondary N) is 1. The summed E-state index contributed by atoms with van der Waals surface area (Å²) < 4.78 is 13.1. The summed E-state index contributed by atoms with van der Waals surface area (Å²) in [5.74, 6) is 0.0378. The fourth-order valence-electron chi connectivity index (χ4n) is 3.15. The van der Waals surface area contributed by atoms with Crippen LogP contribution < -0.4 is 16.0 Å². The van der Waals surface area contributed by atoms with E-state index in [0.29, 0.717) is 23.2 Å². The van der Waals surface area contributed by atoms with Crippen molar-refractivity contribution >= 4 is 34.8 Å². The second-order valence-electron chi connectivity index (χ2n) is 6.97. The Hall–Kier alpha value is -2.80. The van der Waals surface area contributed by atoms with Crippen LogP contribution in [0.1, 0.15) is 12.0 Å². The molecule has 0 saturated carbocycles. The lowest BCUT2D eigenvalue weighted by Gasteiger charge is -2.36. The third kappa shape index (κ3) is 5.84. The summed E-state index contributed by atoms with van der Waals surface area (Å²) in [6.45, 7) is 5.23. The SMILES string of the molecule is Cc1ccc(NC(=O)CCN=C(N)N2CCN(c3ccc(F)cc3)CC2)c(Cl)c1. The summed E-state index contributed by atoms with van der Waals surface area (Å²) in [5, 5.41) is 3.30. The molecule has 1 aliphatic heterocycles. The molecule has 1 saturated heterocycles. The summed E-state index contributed by atoms with van der Waals surface area (Å²) in [6, 6.07) is 12.0. The second-order valence-corrected chi connectivity index (χ2v) is 7.38. The molecule has 0 aliphatic carbocycles. The average molecular weight is 418 g/mol. The van der Waals surface area contributed by atoms with Crippen LogP contribution in [0.15, 0.2) is 47.5 Å². The quantitative estimate of drug-likeness (QED) is 0.578. The van der Waals surface area contributed by atoms with E-state index in [-0.39, 0.29) is 18.1 Å². The number of amides is 1. The number of aliphatic imine (C=N–C) groups is 1. The van der Waals surface area contributed by atoms with E-state index in [0.717, 1.165) is 37.4 Å². The van der Waals surface area contributed by atoms with E-state index in [1.165, 1.54) is 12.1 Å². The monoisotopic (exact) mass is 417 g/mol. The first-order valence-electron chi connectivity index (χ1n) is 9.54. The average Bonchev–Trinajstić information content (AvgIpc) is 2.71. The Kier molecular flexibility index (Phi) is 6.93. The molecule has 1 fully saturated rings. The van der Waals surface area contributed by atoms with Gasteiger partial charge in [0.2, 0.25) is 5.91 Å². The smallest absolute Gasteiger partial charge is 0.226 e. The van der Waals surface area contributed by atoms with Gasteiger partial charge in [-0.25, -0.2) is 4.39 Å². The van der Waals surface area contributed by atoms with Crippen molar-refractivity contribution in [2.24, 2.45) is 10.7 Å². The zero-order valence-electron chi connectivity index (χ0n) is 16.4. The van der Waals surface area contributed by atoms with Gasteiger partial charge in [0.1, 0.15) is 5.82 Å². The van der Waals surface area contributed by atoms with Gasteiger partial charge < -0.3 is 20.9 Å². The molecule has 1 aliphatic rings. The predicted molar refractivity (Wildman–Crippen MR) is 116 cm³/mol. The summed E-state index contributed by atoms with van der Waals surface area (Å²) in [6.07, 6.45) is 0.223. The Morgan fingerprint density at radius 1 is 1.17 bits per heavy atom. The maximum Gasteiger partial charge on any atom is 0.226 e. The van der Waals surface area contributed by atoms with Gasteiger partial charge in [0, 0.05) is 38.3 Å². The molecule has 0 bridgehead atoms. The van der Waals surface area contributed by atoms with Crippen molar-refractivity contribution in [2.75, 3.05) is 42.9 Å². The van der Waals surface area contributed by atoms with Gasteiger partial charge in [-0.05, 0) is 48.9 Å². The number of aryl methyl sites for hydroxylation is 1. The highest BCUT2D eigenvalue weighted by atomic mass is 35.5. The van der Waals surface area contributed by atoms with Crippen LogP contribution in [0.25, 0.3) is 0 Å². The van der Waals surface area contributed by atoms with Crippen molar-refractivity contribution in [1.82, 2.24) is 4.90 Å². The van der Waals surface area contributed by atoms with Crippen LogP contribution in [-0.4, -0.2) is 49.5 Å². The Morgan fingerprint density at radius 2 is 1.86 bits per heavy atom. The molecule has 3 rings (SSSR count). The van der Waals surface area contributed by atoms with Crippen molar-refractivity contribution in [3.8, 4) is 0 Å². The summed E-state index contributed by atoms with van der Waals surface area (Å²) in [5.41, 5.74) is 8.71. The molecule has 29 heavy (non-hydrogen) atoms. The number of nitrogens with two attached hydrogens (primary N) is 1. The Morgan fingerprint density at radius 3 is 2.52 bits per heavy atom. The van der Waals surface area contributed by atoms with Crippen molar-refractivity contribution in [3.05, 3.63) is 58.9 Å².